The Balaban J connectivity index is 1.80. The highest BCUT2D eigenvalue weighted by Crippen LogP contribution is 2.25. The Kier molecular flexibility index (Phi) is 4.85. The highest BCUT2D eigenvalue weighted by atomic mass is 16.5. The first-order chi connectivity index (χ1) is 12.0. The highest BCUT2D eigenvalue weighted by Gasteiger charge is 2.10. The Labute approximate surface area is 146 Å². The Morgan fingerprint density at radius 3 is 2.72 bits per heavy atom. The van der Waals surface area contributed by atoms with E-state index in [0.717, 1.165) is 30.0 Å². The first-order valence-corrected chi connectivity index (χ1v) is 7.97. The molecule has 0 fully saturated rings. The Hall–Kier alpha value is -3.06. The summed E-state index contributed by atoms with van der Waals surface area (Å²) in [6.07, 6.45) is 2.87. The molecular weight excluding hydrogens is 318 g/mol. The zero-order valence-electron chi connectivity index (χ0n) is 14.3. The van der Waals surface area contributed by atoms with Crippen LogP contribution in [0.3, 0.4) is 0 Å². The predicted molar refractivity (Wildman–Crippen MR) is 97.9 cm³/mol. The van der Waals surface area contributed by atoms with Crippen LogP contribution in [0, 0.1) is 0 Å². The average molecular weight is 339 g/mol. The molecule has 0 aliphatic heterocycles. The molecule has 130 valence electrons. The van der Waals surface area contributed by atoms with Crippen LogP contribution >= 0.6 is 0 Å². The normalized spacial score (nSPS) is 11.0. The van der Waals surface area contributed by atoms with Crippen molar-refractivity contribution in [3.63, 3.8) is 0 Å². The molecule has 0 aliphatic rings. The van der Waals surface area contributed by atoms with Gasteiger partial charge in [0.2, 0.25) is 0 Å². The minimum Gasteiger partial charge on any atom is -0.406 e. The second-order valence-corrected chi connectivity index (χ2v) is 5.96. The van der Waals surface area contributed by atoms with Crippen LogP contribution in [0.5, 0.6) is 5.75 Å². The number of nitrogens with two attached hydrogens (primary N) is 1. The molecule has 0 bridgehead atoms. The summed E-state index contributed by atoms with van der Waals surface area (Å²) in [6, 6.07) is 11.5. The van der Waals surface area contributed by atoms with Gasteiger partial charge in [-0.2, -0.15) is 0 Å². The number of anilines is 1. The van der Waals surface area contributed by atoms with Gasteiger partial charge in [-0.3, -0.25) is 0 Å². The number of rotatable bonds is 6. The number of ether oxygens (including phenoxy) is 1. The van der Waals surface area contributed by atoms with E-state index >= 15 is 0 Å². The van der Waals surface area contributed by atoms with Crippen LogP contribution in [-0.4, -0.2) is 47.6 Å². The first-order valence-electron chi connectivity index (χ1n) is 7.97. The summed E-state index contributed by atoms with van der Waals surface area (Å²) < 4.78 is 6.80. The van der Waals surface area contributed by atoms with Gasteiger partial charge in [0.15, 0.2) is 11.4 Å². The van der Waals surface area contributed by atoms with Crippen molar-refractivity contribution in [1.29, 1.82) is 0 Å². The molecule has 2 heterocycles. The summed E-state index contributed by atoms with van der Waals surface area (Å²) >= 11 is 0. The third-order valence-electron chi connectivity index (χ3n) is 3.73. The van der Waals surface area contributed by atoms with Crippen LogP contribution in [0.4, 0.5) is 10.5 Å². The second-order valence-electron chi connectivity index (χ2n) is 5.96. The number of nitrogens with zero attached hydrogens (tertiary/aromatic N) is 3. The van der Waals surface area contributed by atoms with Crippen LogP contribution in [0.2, 0.25) is 0 Å². The maximum Gasteiger partial charge on any atom is 0.410 e. The number of carbonyl (C=O) groups is 1. The van der Waals surface area contributed by atoms with E-state index in [1.165, 1.54) is 0 Å². The lowest BCUT2D eigenvalue weighted by molar-refractivity contribution is 0.211. The van der Waals surface area contributed by atoms with Crippen molar-refractivity contribution in [3.8, 4) is 17.0 Å². The van der Waals surface area contributed by atoms with Gasteiger partial charge in [-0.05, 0) is 38.4 Å². The van der Waals surface area contributed by atoms with Crippen molar-refractivity contribution < 1.29 is 9.53 Å². The van der Waals surface area contributed by atoms with Crippen LogP contribution in [0.15, 0.2) is 48.8 Å². The minimum absolute atomic E-state index is 0.336. The fraction of sp³-hybridized carbons (Fsp3) is 0.222. The smallest absolute Gasteiger partial charge is 0.406 e. The third-order valence-corrected chi connectivity index (χ3v) is 3.73. The summed E-state index contributed by atoms with van der Waals surface area (Å²) in [5.41, 5.74) is 8.48. The van der Waals surface area contributed by atoms with Crippen molar-refractivity contribution in [2.45, 2.75) is 0 Å². The van der Waals surface area contributed by atoms with Crippen LogP contribution in [0.25, 0.3) is 16.9 Å². The zero-order valence-corrected chi connectivity index (χ0v) is 14.3. The van der Waals surface area contributed by atoms with Gasteiger partial charge >= 0.3 is 6.09 Å². The number of pyridine rings is 1. The van der Waals surface area contributed by atoms with E-state index in [4.69, 9.17) is 10.5 Å². The van der Waals surface area contributed by atoms with Gasteiger partial charge in [-0.1, -0.05) is 12.1 Å². The Morgan fingerprint density at radius 2 is 2.04 bits per heavy atom. The summed E-state index contributed by atoms with van der Waals surface area (Å²) in [4.78, 5) is 17.7. The summed E-state index contributed by atoms with van der Waals surface area (Å²) in [6.45, 7) is 1.85. The number of nitrogens with one attached hydrogen (secondary N) is 1. The lowest BCUT2D eigenvalue weighted by atomic mass is 10.1. The monoisotopic (exact) mass is 339 g/mol. The fourth-order valence-corrected chi connectivity index (χ4v) is 2.50. The number of amides is 1. The van der Waals surface area contributed by atoms with E-state index in [9.17, 15) is 4.79 Å². The van der Waals surface area contributed by atoms with Gasteiger partial charge in [0, 0.05) is 36.7 Å². The number of primary amides is 1. The maximum atomic E-state index is 11.0. The van der Waals surface area contributed by atoms with E-state index in [2.05, 4.69) is 15.2 Å². The number of fused-ring (bicyclic) bond motifs is 1. The van der Waals surface area contributed by atoms with Gasteiger partial charge in [0.25, 0.3) is 0 Å². The number of benzene rings is 1. The van der Waals surface area contributed by atoms with Gasteiger partial charge in [0.1, 0.15) is 0 Å². The molecule has 0 unspecified atom stereocenters. The standard InChI is InChI=1S/C18H21N5O2/c1-22(2)11-9-20-14-7-5-13(6-8-14)15-12-23-10-3-4-16(17(23)21-15)25-18(19)24/h3-8,10,12,20H,9,11H2,1-2H3,(H2,19,24). The predicted octanol–water partition coefficient (Wildman–Crippen LogP) is 2.43. The molecule has 0 saturated carbocycles. The Morgan fingerprint density at radius 1 is 1.28 bits per heavy atom. The molecule has 25 heavy (non-hydrogen) atoms. The van der Waals surface area contributed by atoms with E-state index < -0.39 is 6.09 Å². The molecule has 0 spiro atoms. The number of hydrogen-bond acceptors (Lipinski definition) is 5. The lowest BCUT2D eigenvalue weighted by Gasteiger charge is -2.11. The molecule has 7 heteroatoms. The van der Waals surface area contributed by atoms with Gasteiger partial charge < -0.3 is 25.1 Å². The van der Waals surface area contributed by atoms with Gasteiger partial charge in [-0.25, -0.2) is 9.78 Å². The van der Waals surface area contributed by atoms with E-state index in [-0.39, 0.29) is 0 Å². The van der Waals surface area contributed by atoms with Crippen LogP contribution in [0.1, 0.15) is 0 Å². The zero-order chi connectivity index (χ0) is 17.8. The van der Waals surface area contributed by atoms with Crippen molar-refractivity contribution in [1.82, 2.24) is 14.3 Å². The molecule has 1 amide bonds. The third kappa shape index (κ3) is 4.07. The molecule has 0 saturated heterocycles. The number of hydrogen-bond donors (Lipinski definition) is 2. The van der Waals surface area contributed by atoms with Crippen molar-refractivity contribution in [3.05, 3.63) is 48.8 Å². The van der Waals surface area contributed by atoms with Crippen LogP contribution < -0.4 is 15.8 Å². The molecule has 0 atom stereocenters. The first kappa shape index (κ1) is 16.8. The Bertz CT molecular complexity index is 871. The van der Waals surface area contributed by atoms with E-state index in [1.54, 1.807) is 16.5 Å². The molecular formula is C18H21N5O2. The maximum absolute atomic E-state index is 11.0. The molecule has 0 radical (unpaired) electrons. The number of likely N-dealkylation sites (N-methyl/N-ethyl adjacent to an activating group) is 1. The molecule has 3 N–H and O–H groups in total. The highest BCUT2D eigenvalue weighted by molar-refractivity contribution is 5.73. The molecule has 3 rings (SSSR count). The van der Waals surface area contributed by atoms with Crippen molar-refractivity contribution >= 4 is 17.4 Å². The lowest BCUT2D eigenvalue weighted by Crippen LogP contribution is -2.20. The largest absolute Gasteiger partial charge is 0.410 e. The van der Waals surface area contributed by atoms with E-state index in [1.807, 2.05) is 50.8 Å². The number of imidazole rings is 1. The summed E-state index contributed by atoms with van der Waals surface area (Å²) in [7, 11) is 4.09. The quantitative estimate of drug-likeness (QED) is 0.720. The van der Waals surface area contributed by atoms with Crippen molar-refractivity contribution in [2.24, 2.45) is 5.73 Å². The van der Waals surface area contributed by atoms with Gasteiger partial charge in [0.05, 0.1) is 5.69 Å². The minimum atomic E-state index is -0.856. The molecule has 0 aliphatic carbocycles. The number of aromatic nitrogens is 2. The second kappa shape index (κ2) is 7.23. The average Bonchev–Trinajstić information content (AvgIpc) is 3.00. The van der Waals surface area contributed by atoms with Crippen LogP contribution in [-0.2, 0) is 0 Å². The molecule has 2 aromatic heterocycles. The fourth-order valence-electron chi connectivity index (χ4n) is 2.50. The summed E-state index contributed by atoms with van der Waals surface area (Å²) in [5.74, 6) is 0.336. The summed E-state index contributed by atoms with van der Waals surface area (Å²) in [5, 5.41) is 3.37. The topological polar surface area (TPSA) is 84.9 Å². The van der Waals surface area contributed by atoms with Crippen molar-refractivity contribution in [2.75, 3.05) is 32.5 Å². The SMILES string of the molecule is CN(C)CCNc1ccc(-c2cn3cccc(OC(N)=O)c3n2)cc1. The molecule has 1 aromatic carbocycles. The van der Waals surface area contributed by atoms with Gasteiger partial charge in [-0.15, -0.1) is 0 Å². The molecule has 3 aromatic rings. The molecule has 7 nitrogen and oxygen atoms in total. The number of carbonyl (C=O) groups excluding carboxylic acids is 1. The van der Waals surface area contributed by atoms with E-state index in [0.29, 0.717) is 11.4 Å².